The average Bonchev–Trinajstić information content (AvgIpc) is 3.05. The van der Waals surface area contributed by atoms with Gasteiger partial charge >= 0.3 is 11.9 Å². The Hall–Kier alpha value is -8.44. The number of nitrogens with two attached hydrogens (primary N) is 5. The fourth-order valence-electron chi connectivity index (χ4n) is 8.64. The van der Waals surface area contributed by atoms with E-state index in [1.807, 2.05) is 13.8 Å². The van der Waals surface area contributed by atoms with E-state index in [1.54, 1.807) is 44.2 Å². The van der Waals surface area contributed by atoms with Crippen molar-refractivity contribution in [3.05, 3.63) is 65.7 Å². The average molecular weight is 1210 g/mol. The van der Waals surface area contributed by atoms with Crippen molar-refractivity contribution in [2.24, 2.45) is 45.5 Å². The molecule has 29 nitrogen and oxygen atoms in total. The second-order valence-corrected chi connectivity index (χ2v) is 21.5. The van der Waals surface area contributed by atoms with Crippen LogP contribution in [0.2, 0.25) is 0 Å². The highest BCUT2D eigenvalue weighted by Crippen LogP contribution is 2.15. The van der Waals surface area contributed by atoms with Crippen molar-refractivity contribution in [2.45, 2.75) is 172 Å². The quantitative estimate of drug-likeness (QED) is 0.0186. The van der Waals surface area contributed by atoms with Crippen molar-refractivity contribution in [1.82, 2.24) is 47.9 Å². The van der Waals surface area contributed by atoms with Gasteiger partial charge in [-0.15, -0.1) is 0 Å². The molecule has 0 aromatic heterocycles. The maximum atomic E-state index is 14.6. The van der Waals surface area contributed by atoms with Crippen LogP contribution in [0.5, 0.6) is 5.75 Å². The number of benzene rings is 2. The van der Waals surface area contributed by atoms with Gasteiger partial charge in [-0.25, -0.2) is 4.79 Å². The molecule has 0 aliphatic heterocycles. The van der Waals surface area contributed by atoms with Crippen LogP contribution >= 0.6 is 0 Å². The van der Waals surface area contributed by atoms with Gasteiger partial charge in [-0.05, 0) is 106 Å². The van der Waals surface area contributed by atoms with Crippen molar-refractivity contribution in [3.63, 3.8) is 0 Å². The summed E-state index contributed by atoms with van der Waals surface area (Å²) in [6.45, 7) is 8.55. The fraction of sp³-hybridized carbons (Fsp3) is 0.579. The van der Waals surface area contributed by atoms with E-state index in [0.717, 1.165) is 0 Å². The highest BCUT2D eigenvalue weighted by Gasteiger charge is 2.35. The number of aliphatic imine (C=N–C) groups is 1. The van der Waals surface area contributed by atoms with E-state index >= 15 is 0 Å². The molecule has 478 valence electrons. The summed E-state index contributed by atoms with van der Waals surface area (Å²) in [6.07, 6.45) is 1.43. The third-order valence-corrected chi connectivity index (χ3v) is 13.7. The number of phenolic OH excluding ortho intramolecular Hbond substituents is 1. The number of aromatic hydroxyl groups is 1. The minimum Gasteiger partial charge on any atom is -0.508 e. The molecule has 2 aromatic carbocycles. The number of carboxylic acids is 2. The lowest BCUT2D eigenvalue weighted by atomic mass is 9.96. The lowest BCUT2D eigenvalue weighted by molar-refractivity contribution is -0.144. The molecule has 86 heavy (non-hydrogen) atoms. The second-order valence-electron chi connectivity index (χ2n) is 21.5. The van der Waals surface area contributed by atoms with Crippen LogP contribution < -0.4 is 76.5 Å². The molecule has 22 N–H and O–H groups in total. The number of aliphatic carboxylic acids is 2. The number of hydrogen-bond donors (Lipinski definition) is 17. The Kier molecular flexibility index (Phi) is 33.6. The first-order chi connectivity index (χ1) is 40.7. The van der Waals surface area contributed by atoms with Crippen molar-refractivity contribution >= 4 is 71.1 Å². The highest BCUT2D eigenvalue weighted by molar-refractivity contribution is 5.98. The number of guanidine groups is 1. The lowest BCUT2D eigenvalue weighted by Gasteiger charge is -2.28. The van der Waals surface area contributed by atoms with E-state index in [0.29, 0.717) is 56.2 Å². The molecule has 9 amide bonds. The summed E-state index contributed by atoms with van der Waals surface area (Å²) in [5, 5.41) is 52.4. The number of rotatable bonds is 41. The molecule has 0 radical (unpaired) electrons. The molecule has 0 fully saturated rings. The van der Waals surface area contributed by atoms with Crippen LogP contribution in [-0.4, -0.2) is 167 Å². The number of amides is 9. The molecule has 10 atom stereocenters. The second kappa shape index (κ2) is 39.2. The zero-order chi connectivity index (χ0) is 64.5. The molecule has 0 saturated carbocycles. The number of carbonyl (C=O) groups is 11. The molecule has 2 aromatic rings. The molecule has 2 rings (SSSR count). The minimum atomic E-state index is -1.83. The van der Waals surface area contributed by atoms with Gasteiger partial charge in [0, 0.05) is 19.4 Å². The van der Waals surface area contributed by atoms with Crippen LogP contribution in [0.15, 0.2) is 59.6 Å². The zero-order valence-electron chi connectivity index (χ0n) is 49.7. The third-order valence-electron chi connectivity index (χ3n) is 13.7. The molecule has 0 unspecified atom stereocenters. The van der Waals surface area contributed by atoms with Gasteiger partial charge in [0.15, 0.2) is 5.96 Å². The van der Waals surface area contributed by atoms with Gasteiger partial charge in [0.25, 0.3) is 0 Å². The van der Waals surface area contributed by atoms with Crippen LogP contribution in [0.4, 0.5) is 0 Å². The molecule has 0 aliphatic rings. The van der Waals surface area contributed by atoms with Gasteiger partial charge in [0.1, 0.15) is 54.1 Å². The maximum absolute atomic E-state index is 14.6. The molecule has 0 saturated heterocycles. The van der Waals surface area contributed by atoms with Gasteiger partial charge in [-0.1, -0.05) is 83.0 Å². The summed E-state index contributed by atoms with van der Waals surface area (Å²) in [4.78, 5) is 152. The molecule has 0 bridgehead atoms. The first kappa shape index (κ1) is 73.7. The van der Waals surface area contributed by atoms with Crippen molar-refractivity contribution in [2.75, 3.05) is 26.2 Å². The fourth-order valence-corrected chi connectivity index (χ4v) is 8.64. The van der Waals surface area contributed by atoms with Crippen LogP contribution in [-0.2, 0) is 65.6 Å². The lowest BCUT2D eigenvalue weighted by Crippen LogP contribution is -2.60. The largest absolute Gasteiger partial charge is 0.508 e. The maximum Gasteiger partial charge on any atom is 0.326 e. The number of nitrogens with zero attached hydrogens (tertiary/aromatic N) is 1. The number of carboxylic acid groups (broad SMARTS) is 2. The smallest absolute Gasteiger partial charge is 0.326 e. The number of unbranched alkanes of at least 4 members (excludes halogenated alkanes) is 2. The summed E-state index contributed by atoms with van der Waals surface area (Å²) in [5.41, 5.74) is 29.1. The van der Waals surface area contributed by atoms with E-state index in [9.17, 15) is 68.1 Å². The van der Waals surface area contributed by atoms with Gasteiger partial charge in [0.05, 0.1) is 19.0 Å². The molecule has 29 heteroatoms. The molecule has 0 spiro atoms. The Morgan fingerprint density at radius 3 is 1.56 bits per heavy atom. The van der Waals surface area contributed by atoms with Crippen molar-refractivity contribution in [1.29, 1.82) is 0 Å². The van der Waals surface area contributed by atoms with E-state index < -0.39 is 138 Å². The van der Waals surface area contributed by atoms with Crippen LogP contribution in [0, 0.1) is 11.8 Å². The summed E-state index contributed by atoms with van der Waals surface area (Å²) in [6, 6.07) is 1.53. The predicted molar refractivity (Wildman–Crippen MR) is 319 cm³/mol. The minimum absolute atomic E-state index is 0.0112. The molecule has 0 heterocycles. The Morgan fingerprint density at radius 1 is 0.535 bits per heavy atom. The number of phenols is 1. The zero-order valence-corrected chi connectivity index (χ0v) is 49.7. The summed E-state index contributed by atoms with van der Waals surface area (Å²) in [7, 11) is 0. The van der Waals surface area contributed by atoms with Gasteiger partial charge in [0.2, 0.25) is 53.2 Å². The van der Waals surface area contributed by atoms with E-state index in [-0.39, 0.29) is 69.2 Å². The van der Waals surface area contributed by atoms with Crippen LogP contribution in [0.25, 0.3) is 0 Å². The van der Waals surface area contributed by atoms with Crippen LogP contribution in [0.1, 0.15) is 116 Å². The first-order valence-electron chi connectivity index (χ1n) is 28.9. The van der Waals surface area contributed by atoms with Gasteiger partial charge in [-0.3, -0.25) is 52.9 Å². The van der Waals surface area contributed by atoms with E-state index in [4.69, 9.17) is 28.7 Å². The standard InChI is InChI=1S/C57H91N15O14/c1-6-33(4)47(72-54(83)41(27-32(2)3)68-49(78)38(60)17-10-12-24-58)55(84)64-31-45(74)65-34(5)48(77)66-39(19-14-26-63-57(61)62)50(79)69-43(29-36-20-22-37(73)23-21-36)51(80)70-42(28-35-15-8-7-9-16-35)52(81)71-44(30-46(75)76)53(82)67-40(56(85)86)18-11-13-25-59/h7-9,15-16,20-23,32-34,38-44,47,73H,6,10-14,17-19,24-31,58-60H2,1-5H3,(H,64,84)(H,65,74)(H,66,77)(H,67,82)(H,68,78)(H,69,79)(H,70,80)(H,71,81)(H,72,83)(H,75,76)(H,85,86)(H4,61,62,63)/t33-,34-,38-,39-,40-,41-,42-,43-,44-,47-/m0/s1. The van der Waals surface area contributed by atoms with Crippen molar-refractivity contribution in [3.8, 4) is 5.75 Å². The predicted octanol–water partition coefficient (Wildman–Crippen LogP) is -2.52. The number of carbonyl (C=O) groups excluding carboxylic acids is 9. The Bertz CT molecular complexity index is 2570. The summed E-state index contributed by atoms with van der Waals surface area (Å²) >= 11 is 0. The summed E-state index contributed by atoms with van der Waals surface area (Å²) < 4.78 is 0. The summed E-state index contributed by atoms with van der Waals surface area (Å²) in [5.74, 6) is -11.5. The van der Waals surface area contributed by atoms with Crippen molar-refractivity contribution < 1.29 is 68.1 Å². The first-order valence-corrected chi connectivity index (χ1v) is 28.9. The monoisotopic (exact) mass is 1210 g/mol. The SMILES string of the molecule is CC[C@H](C)[C@H](NC(=O)[C@H](CC(C)C)NC(=O)[C@@H](N)CCCCN)C(=O)NCC(=O)N[C@@H](C)C(=O)N[C@@H](CCCN=C(N)N)C(=O)N[C@@H](Cc1ccc(O)cc1)C(=O)N[C@@H](Cc1ccccc1)C(=O)N[C@@H](CC(=O)O)C(=O)N[C@@H](CCCCN)C(=O)O. The van der Waals surface area contributed by atoms with E-state index in [2.05, 4.69) is 52.8 Å². The highest BCUT2D eigenvalue weighted by atomic mass is 16.4. The number of nitrogens with one attached hydrogen (secondary N) is 9. The Morgan fingerprint density at radius 2 is 1.02 bits per heavy atom. The van der Waals surface area contributed by atoms with E-state index in [1.165, 1.54) is 31.2 Å². The Labute approximate surface area is 501 Å². The van der Waals surface area contributed by atoms with Gasteiger partial charge < -0.3 is 91.8 Å². The van der Waals surface area contributed by atoms with Crippen LogP contribution in [0.3, 0.4) is 0 Å². The molecular weight excluding hydrogens is 1120 g/mol. The molecular formula is C57H91N15O14. The topological polar surface area (TPSA) is 499 Å². The van der Waals surface area contributed by atoms with Gasteiger partial charge in [-0.2, -0.15) is 0 Å². The third kappa shape index (κ3) is 28.4. The Balaban J connectivity index is 2.42. The normalized spacial score (nSPS) is 14.5. The molecule has 0 aliphatic carbocycles. The number of hydrogen-bond acceptors (Lipinski definition) is 16.